The quantitative estimate of drug-likeness (QED) is 0.0424. The Morgan fingerprint density at radius 2 is 0.986 bits per heavy atom. The second-order valence-corrected chi connectivity index (χ2v) is 17.7. The molecule has 0 saturated heterocycles. The van der Waals surface area contributed by atoms with E-state index >= 15 is 0 Å². The molecule has 0 aliphatic heterocycles. The van der Waals surface area contributed by atoms with Crippen molar-refractivity contribution in [2.24, 2.45) is 5.92 Å². The highest BCUT2D eigenvalue weighted by molar-refractivity contribution is 5.94. The molecule has 1 aliphatic rings. The Bertz CT molecular complexity index is 2690. The van der Waals surface area contributed by atoms with Gasteiger partial charge in [-0.2, -0.15) is 0 Å². The van der Waals surface area contributed by atoms with Gasteiger partial charge in [-0.1, -0.05) is 166 Å². The predicted molar refractivity (Wildman–Crippen MR) is 269 cm³/mol. The van der Waals surface area contributed by atoms with Crippen LogP contribution in [-0.4, -0.2) is 73.5 Å². The first-order chi connectivity index (χ1) is 34.5. The minimum atomic E-state index is -1.16. The highest BCUT2D eigenvalue weighted by Gasteiger charge is 2.31. The molecular weight excluding hydrogens is 899 g/mol. The van der Waals surface area contributed by atoms with Crippen LogP contribution in [0.1, 0.15) is 59.6 Å². The molecule has 6 aromatic rings. The zero-order valence-corrected chi connectivity index (χ0v) is 39.8. The van der Waals surface area contributed by atoms with Crippen LogP contribution in [0, 0.1) is 5.92 Å². The third-order valence-electron chi connectivity index (χ3n) is 11.9. The topological polar surface area (TPSA) is 190 Å². The number of nitrogens with one attached hydrogen (secondary N) is 5. The summed E-state index contributed by atoms with van der Waals surface area (Å²) in [6.45, 7) is 3.21. The predicted octanol–water partition coefficient (Wildman–Crippen LogP) is 6.95. The summed E-state index contributed by atoms with van der Waals surface area (Å²) in [6.07, 6.45) is -0.375. The first-order valence-corrected chi connectivity index (χ1v) is 23.7. The molecule has 0 bridgehead atoms. The fourth-order valence-electron chi connectivity index (χ4n) is 8.31. The molecule has 0 fully saturated rings. The molecule has 0 radical (unpaired) electrons. The van der Waals surface area contributed by atoms with Crippen LogP contribution in [0.5, 0.6) is 5.75 Å². The molecule has 14 nitrogen and oxygen atoms in total. The largest absolute Gasteiger partial charge is 0.489 e. The van der Waals surface area contributed by atoms with Gasteiger partial charge in [0.25, 0.3) is 0 Å². The zero-order valence-electron chi connectivity index (χ0n) is 39.8. The second kappa shape index (κ2) is 25.4. The molecule has 14 heteroatoms. The Kier molecular flexibility index (Phi) is 18.1. The fraction of sp³-hybridized carbons (Fsp3) is 0.263. The first kappa shape index (κ1) is 50.6. The third kappa shape index (κ3) is 15.1. The summed E-state index contributed by atoms with van der Waals surface area (Å²) in [7, 11) is 0. The number of hydrogen-bond acceptors (Lipinski definition) is 9. The van der Waals surface area contributed by atoms with Crippen molar-refractivity contribution < 1.29 is 43.0 Å². The molecule has 1 aliphatic carbocycles. The minimum Gasteiger partial charge on any atom is -0.489 e. The van der Waals surface area contributed by atoms with Crippen LogP contribution >= 0.6 is 0 Å². The molecule has 5 amide bonds. The fourth-order valence-corrected chi connectivity index (χ4v) is 8.31. The summed E-state index contributed by atoms with van der Waals surface area (Å²) >= 11 is 0. The van der Waals surface area contributed by atoms with Gasteiger partial charge in [-0.3, -0.25) is 19.2 Å². The third-order valence-corrected chi connectivity index (χ3v) is 11.9. The van der Waals surface area contributed by atoms with Crippen molar-refractivity contribution in [1.82, 2.24) is 26.6 Å². The number of esters is 1. The molecule has 0 heterocycles. The summed E-state index contributed by atoms with van der Waals surface area (Å²) in [4.78, 5) is 80.9. The Hall–Kier alpha value is -8.26. The smallest absolute Gasteiger partial charge is 0.407 e. The molecule has 366 valence electrons. The van der Waals surface area contributed by atoms with Gasteiger partial charge in [-0.05, 0) is 69.0 Å². The van der Waals surface area contributed by atoms with Gasteiger partial charge in [0.15, 0.2) is 0 Å². The van der Waals surface area contributed by atoms with Gasteiger partial charge in [-0.25, -0.2) is 9.59 Å². The lowest BCUT2D eigenvalue weighted by Gasteiger charge is -2.24. The van der Waals surface area contributed by atoms with Gasteiger partial charge in [0.2, 0.25) is 23.6 Å². The summed E-state index contributed by atoms with van der Waals surface area (Å²) in [6, 6.07) is 47.8. The lowest BCUT2D eigenvalue weighted by molar-refractivity contribution is -0.149. The number of ether oxygens (including phenoxy) is 3. The second-order valence-electron chi connectivity index (χ2n) is 17.7. The van der Waals surface area contributed by atoms with Crippen LogP contribution in [0.25, 0.3) is 11.1 Å². The highest BCUT2D eigenvalue weighted by Crippen LogP contribution is 2.44. The molecule has 6 aromatic carbocycles. The standard InChI is InChI=1S/C57H59N5O9/c1-38(2)30-51(56(67)70-36-42-20-10-5-11-21-42)61-55(66)50(31-39-16-6-3-7-17-39)60-53(64)34-58-52(63)33-59-54(65)49(32-40-26-28-43(29-27-40)69-35-41-18-8-4-9-19-41)62-57(68)71-37-48-46-24-14-12-22-44(46)45-23-13-15-25-47(45)48/h3-29,38,48-51H,30-37H2,1-2H3,(H,58,63)(H,59,65)(H,60,64)(H,61,66)(H,62,68)/t49-,50-,51-/m0/s1. The Morgan fingerprint density at radius 3 is 1.58 bits per heavy atom. The van der Waals surface area contributed by atoms with E-state index in [2.05, 4.69) is 26.6 Å². The molecule has 71 heavy (non-hydrogen) atoms. The summed E-state index contributed by atoms with van der Waals surface area (Å²) in [5, 5.41) is 13.3. The van der Waals surface area contributed by atoms with E-state index in [9.17, 15) is 28.8 Å². The van der Waals surface area contributed by atoms with E-state index in [0.717, 1.165) is 38.9 Å². The van der Waals surface area contributed by atoms with Crippen molar-refractivity contribution in [3.8, 4) is 16.9 Å². The van der Waals surface area contributed by atoms with Crippen LogP contribution in [0.2, 0.25) is 0 Å². The molecule has 0 saturated carbocycles. The van der Waals surface area contributed by atoms with E-state index < -0.39 is 66.9 Å². The van der Waals surface area contributed by atoms with Gasteiger partial charge < -0.3 is 40.8 Å². The average Bonchev–Trinajstić information content (AvgIpc) is 3.71. The van der Waals surface area contributed by atoms with Crippen LogP contribution in [0.15, 0.2) is 164 Å². The Balaban J connectivity index is 0.953. The lowest BCUT2D eigenvalue weighted by atomic mass is 9.98. The van der Waals surface area contributed by atoms with Crippen molar-refractivity contribution in [2.45, 2.75) is 70.4 Å². The maximum absolute atomic E-state index is 13.8. The van der Waals surface area contributed by atoms with Crippen LogP contribution < -0.4 is 31.3 Å². The van der Waals surface area contributed by atoms with E-state index in [1.165, 1.54) is 0 Å². The molecule has 3 atom stereocenters. The number of fused-ring (bicyclic) bond motifs is 3. The van der Waals surface area contributed by atoms with Crippen molar-refractivity contribution in [1.29, 1.82) is 0 Å². The molecular formula is C57H59N5O9. The number of carbonyl (C=O) groups is 6. The van der Waals surface area contributed by atoms with E-state index in [4.69, 9.17) is 14.2 Å². The van der Waals surface area contributed by atoms with Gasteiger partial charge in [-0.15, -0.1) is 0 Å². The number of alkyl carbamates (subject to hydrolysis) is 1. The summed E-state index contributed by atoms with van der Waals surface area (Å²) in [5.74, 6) is -2.82. The summed E-state index contributed by atoms with van der Waals surface area (Å²) < 4.78 is 17.3. The lowest BCUT2D eigenvalue weighted by Crippen LogP contribution is -2.54. The van der Waals surface area contributed by atoms with Crippen LogP contribution in [0.3, 0.4) is 0 Å². The van der Waals surface area contributed by atoms with Gasteiger partial charge in [0.1, 0.15) is 43.7 Å². The van der Waals surface area contributed by atoms with Gasteiger partial charge in [0, 0.05) is 18.8 Å². The first-order valence-electron chi connectivity index (χ1n) is 23.7. The van der Waals surface area contributed by atoms with Gasteiger partial charge >= 0.3 is 12.1 Å². The molecule has 0 aromatic heterocycles. The van der Waals surface area contributed by atoms with Crippen molar-refractivity contribution in [2.75, 3.05) is 19.7 Å². The van der Waals surface area contributed by atoms with E-state index in [1.54, 1.807) is 36.4 Å². The number of carbonyl (C=O) groups excluding carboxylic acids is 6. The molecule has 7 rings (SSSR count). The van der Waals surface area contributed by atoms with E-state index in [-0.39, 0.29) is 37.9 Å². The van der Waals surface area contributed by atoms with E-state index in [0.29, 0.717) is 24.3 Å². The maximum atomic E-state index is 13.8. The average molecular weight is 958 g/mol. The minimum absolute atomic E-state index is 0.0263. The number of hydrogen-bond donors (Lipinski definition) is 5. The summed E-state index contributed by atoms with van der Waals surface area (Å²) in [5.41, 5.74) is 7.46. The monoisotopic (exact) mass is 957 g/mol. The van der Waals surface area contributed by atoms with E-state index in [1.807, 2.05) is 141 Å². The van der Waals surface area contributed by atoms with Gasteiger partial charge in [0.05, 0.1) is 13.1 Å². The number of rotatable bonds is 23. The molecule has 0 spiro atoms. The van der Waals surface area contributed by atoms with Crippen molar-refractivity contribution in [3.63, 3.8) is 0 Å². The Morgan fingerprint density at radius 1 is 0.479 bits per heavy atom. The zero-order chi connectivity index (χ0) is 50.0. The molecule has 0 unspecified atom stereocenters. The SMILES string of the molecule is CC(C)C[C@H](NC(=O)[C@H](Cc1ccccc1)NC(=O)CNC(=O)CNC(=O)[C@H](Cc1ccc(OCc2ccccc2)cc1)NC(=O)OCC1c2ccccc2-c2ccccc21)C(=O)OCc1ccccc1. The normalized spacial score (nSPS) is 12.8. The maximum Gasteiger partial charge on any atom is 0.407 e. The van der Waals surface area contributed by atoms with Crippen molar-refractivity contribution >= 4 is 35.7 Å². The number of amides is 5. The molecule has 5 N–H and O–H groups in total. The van der Waals surface area contributed by atoms with Crippen LogP contribution in [0.4, 0.5) is 4.79 Å². The number of benzene rings is 6. The highest BCUT2D eigenvalue weighted by atomic mass is 16.5. The van der Waals surface area contributed by atoms with Crippen molar-refractivity contribution in [3.05, 3.63) is 197 Å². The van der Waals surface area contributed by atoms with Crippen LogP contribution in [-0.2, 0) is 59.5 Å². The Labute approximate surface area is 413 Å².